The van der Waals surface area contributed by atoms with Gasteiger partial charge in [-0.25, -0.2) is 18.0 Å². The molecule has 0 saturated carbocycles. The molecule has 0 aliphatic carbocycles. The lowest BCUT2D eigenvalue weighted by atomic mass is 10.1. The third-order valence-electron chi connectivity index (χ3n) is 3.76. The van der Waals surface area contributed by atoms with Crippen molar-refractivity contribution in [2.45, 2.75) is 6.92 Å². The first-order valence-corrected chi connectivity index (χ1v) is 7.79. The van der Waals surface area contributed by atoms with Crippen LogP contribution in [0.1, 0.15) is 17.3 Å². The normalized spacial score (nSPS) is 10.9. The molecular weight excluding hydrogens is 365 g/mol. The summed E-state index contributed by atoms with van der Waals surface area (Å²) in [5.74, 6) is -4.11. The number of nitrogens with zero attached hydrogens (tertiary/aromatic N) is 2. The van der Waals surface area contributed by atoms with Crippen molar-refractivity contribution in [2.24, 2.45) is 0 Å². The fourth-order valence-electron chi connectivity index (χ4n) is 2.57. The predicted octanol–water partition coefficient (Wildman–Crippen LogP) is 2.99. The Hall–Kier alpha value is -3.36. The summed E-state index contributed by atoms with van der Waals surface area (Å²) in [5.41, 5.74) is -1.65. The fourth-order valence-corrected chi connectivity index (χ4v) is 2.57. The summed E-state index contributed by atoms with van der Waals surface area (Å²) in [4.78, 5) is 28.6. The van der Waals surface area contributed by atoms with Crippen molar-refractivity contribution >= 4 is 17.0 Å². The first kappa shape index (κ1) is 18.4. The molecule has 9 heteroatoms. The second kappa shape index (κ2) is 7.10. The van der Waals surface area contributed by atoms with E-state index in [1.807, 2.05) is 0 Å². The number of hydrogen-bond donors (Lipinski definition) is 0. The average Bonchev–Trinajstić information content (AvgIpc) is 2.63. The number of carbonyl (C=O) groups is 1. The summed E-state index contributed by atoms with van der Waals surface area (Å²) >= 11 is 0. The van der Waals surface area contributed by atoms with E-state index >= 15 is 0 Å². The Morgan fingerprint density at radius 2 is 1.93 bits per heavy atom. The quantitative estimate of drug-likeness (QED) is 0.653. The van der Waals surface area contributed by atoms with Crippen LogP contribution < -0.4 is 10.2 Å². The molecule has 0 N–H and O–H groups in total. The molecule has 6 nitrogen and oxygen atoms in total. The van der Waals surface area contributed by atoms with Crippen LogP contribution >= 0.6 is 0 Å². The Balaban J connectivity index is 2.43. The van der Waals surface area contributed by atoms with E-state index in [-0.39, 0.29) is 23.3 Å². The van der Waals surface area contributed by atoms with E-state index in [4.69, 9.17) is 9.47 Å². The lowest BCUT2D eigenvalue weighted by molar-refractivity contribution is 0.0524. The predicted molar refractivity (Wildman–Crippen MR) is 89.7 cm³/mol. The van der Waals surface area contributed by atoms with E-state index in [9.17, 15) is 22.8 Å². The molecule has 0 radical (unpaired) electrons. The first-order chi connectivity index (χ1) is 12.9. The number of esters is 1. The van der Waals surface area contributed by atoms with Gasteiger partial charge in [-0.05, 0) is 25.1 Å². The van der Waals surface area contributed by atoms with Crippen molar-refractivity contribution in [3.05, 3.63) is 63.7 Å². The number of ether oxygens (including phenoxy) is 2. The third kappa shape index (κ3) is 3.23. The zero-order valence-corrected chi connectivity index (χ0v) is 14.3. The Kier molecular flexibility index (Phi) is 4.85. The highest BCUT2D eigenvalue weighted by Gasteiger charge is 2.21. The Morgan fingerprint density at radius 3 is 2.56 bits per heavy atom. The first-order valence-electron chi connectivity index (χ1n) is 7.79. The third-order valence-corrected chi connectivity index (χ3v) is 3.76. The summed E-state index contributed by atoms with van der Waals surface area (Å²) in [6.07, 6.45) is 1.02. The number of aromatic nitrogens is 2. The lowest BCUT2D eigenvalue weighted by Crippen LogP contribution is -2.21. The van der Waals surface area contributed by atoms with Crippen LogP contribution in [0, 0.1) is 17.5 Å². The van der Waals surface area contributed by atoms with Crippen LogP contribution in [-0.2, 0) is 4.74 Å². The van der Waals surface area contributed by atoms with E-state index in [0.717, 1.165) is 29.0 Å². The summed E-state index contributed by atoms with van der Waals surface area (Å²) in [7, 11) is 1.17. The molecule has 0 fully saturated rings. The minimum atomic E-state index is -0.972. The monoisotopic (exact) mass is 378 g/mol. The van der Waals surface area contributed by atoms with E-state index in [2.05, 4.69) is 4.98 Å². The number of hydrogen-bond acceptors (Lipinski definition) is 5. The van der Waals surface area contributed by atoms with Crippen LogP contribution in [0.3, 0.4) is 0 Å². The number of benzene rings is 1. The van der Waals surface area contributed by atoms with Crippen molar-refractivity contribution in [1.29, 1.82) is 0 Å². The maximum Gasteiger partial charge on any atom is 0.343 e. The van der Waals surface area contributed by atoms with Crippen LogP contribution in [0.4, 0.5) is 13.2 Å². The smallest absolute Gasteiger partial charge is 0.343 e. The fraction of sp³-hybridized carbons (Fsp3) is 0.167. The van der Waals surface area contributed by atoms with Gasteiger partial charge in [0.05, 0.1) is 24.8 Å². The van der Waals surface area contributed by atoms with Crippen molar-refractivity contribution in [3.8, 4) is 11.6 Å². The Bertz CT molecular complexity index is 1110. The molecule has 140 valence electrons. The Morgan fingerprint density at radius 1 is 1.19 bits per heavy atom. The minimum Gasteiger partial charge on any atom is -0.479 e. The van der Waals surface area contributed by atoms with Gasteiger partial charge in [0.25, 0.3) is 5.88 Å². The molecule has 0 aliphatic heterocycles. The average molecular weight is 378 g/mol. The van der Waals surface area contributed by atoms with Crippen molar-refractivity contribution < 1.29 is 27.4 Å². The molecule has 3 rings (SSSR count). The zero-order valence-electron chi connectivity index (χ0n) is 14.3. The maximum atomic E-state index is 14.3. The maximum absolute atomic E-state index is 14.3. The Labute approximate surface area is 150 Å². The van der Waals surface area contributed by atoms with Gasteiger partial charge in [0.1, 0.15) is 17.2 Å². The summed E-state index contributed by atoms with van der Waals surface area (Å²) in [6, 6.07) is 3.56. The van der Waals surface area contributed by atoms with Gasteiger partial charge in [-0.2, -0.15) is 4.98 Å². The summed E-state index contributed by atoms with van der Waals surface area (Å²) in [6.45, 7) is 1.54. The van der Waals surface area contributed by atoms with Gasteiger partial charge >= 0.3 is 5.97 Å². The molecule has 0 bridgehead atoms. The topological polar surface area (TPSA) is 70.4 Å². The number of carbonyl (C=O) groups excluding carboxylic acids is 1. The highest BCUT2D eigenvalue weighted by Crippen LogP contribution is 2.24. The minimum absolute atomic E-state index is 0.00353. The number of methoxy groups -OCH3 is 1. The van der Waals surface area contributed by atoms with Gasteiger partial charge < -0.3 is 9.47 Å². The number of pyridine rings is 2. The molecule has 0 atom stereocenters. The van der Waals surface area contributed by atoms with E-state index < -0.39 is 40.3 Å². The van der Waals surface area contributed by atoms with Crippen molar-refractivity contribution in [2.75, 3.05) is 13.7 Å². The molecule has 0 amide bonds. The van der Waals surface area contributed by atoms with E-state index in [0.29, 0.717) is 6.07 Å². The van der Waals surface area contributed by atoms with Gasteiger partial charge in [-0.3, -0.25) is 9.36 Å². The molecule has 0 aliphatic rings. The number of fused-ring (bicyclic) bond motifs is 1. The van der Waals surface area contributed by atoms with Crippen molar-refractivity contribution in [1.82, 2.24) is 9.55 Å². The van der Waals surface area contributed by atoms with Gasteiger partial charge in [0.2, 0.25) is 5.43 Å². The van der Waals surface area contributed by atoms with Crippen LogP contribution in [0.5, 0.6) is 5.88 Å². The van der Waals surface area contributed by atoms with Crippen LogP contribution in [0.15, 0.2) is 35.3 Å². The van der Waals surface area contributed by atoms with Crippen LogP contribution in [0.25, 0.3) is 16.7 Å². The van der Waals surface area contributed by atoms with Gasteiger partial charge in [0.15, 0.2) is 11.5 Å². The molecule has 27 heavy (non-hydrogen) atoms. The molecule has 3 aromatic rings. The van der Waals surface area contributed by atoms with E-state index in [1.54, 1.807) is 6.92 Å². The van der Waals surface area contributed by atoms with Crippen molar-refractivity contribution in [3.63, 3.8) is 0 Å². The van der Waals surface area contributed by atoms with Gasteiger partial charge in [-0.1, -0.05) is 0 Å². The van der Waals surface area contributed by atoms with Crippen LogP contribution in [0.2, 0.25) is 0 Å². The molecular formula is C18H13F3N2O4. The highest BCUT2D eigenvalue weighted by atomic mass is 19.1. The molecule has 1 aromatic carbocycles. The molecule has 0 saturated heterocycles. The largest absolute Gasteiger partial charge is 0.479 e. The number of rotatable bonds is 4. The molecule has 0 unspecified atom stereocenters. The summed E-state index contributed by atoms with van der Waals surface area (Å²) < 4.78 is 52.3. The highest BCUT2D eigenvalue weighted by molar-refractivity contribution is 5.93. The SMILES string of the molecule is CCOC(=O)c1cn(-c2ccc(F)cc2F)c2nc(OC)c(F)cc2c1=O. The van der Waals surface area contributed by atoms with Gasteiger partial charge in [-0.15, -0.1) is 0 Å². The standard InChI is InChI=1S/C18H13F3N2O4/c1-3-27-18(25)11-8-23(14-5-4-9(19)6-12(14)20)16-10(15(11)24)7-13(21)17(22-16)26-2/h4-8H,3H2,1-2H3. The molecule has 0 spiro atoms. The second-order valence-corrected chi connectivity index (χ2v) is 5.41. The lowest BCUT2D eigenvalue weighted by Gasteiger charge is -2.14. The number of halogens is 3. The summed E-state index contributed by atoms with van der Waals surface area (Å²) in [5, 5.41) is -0.289. The van der Waals surface area contributed by atoms with E-state index in [1.165, 1.54) is 7.11 Å². The molecule has 2 aromatic heterocycles. The van der Waals surface area contributed by atoms with Gasteiger partial charge in [0, 0.05) is 12.3 Å². The second-order valence-electron chi connectivity index (χ2n) is 5.41. The van der Waals surface area contributed by atoms with Crippen LogP contribution in [-0.4, -0.2) is 29.2 Å². The molecule has 2 heterocycles. The zero-order chi connectivity index (χ0) is 19.7.